The summed E-state index contributed by atoms with van der Waals surface area (Å²) in [5.41, 5.74) is 0. The molecule has 2 unspecified atom stereocenters. The average molecular weight is 1410 g/mol. The van der Waals surface area contributed by atoms with E-state index in [1.807, 2.05) is 89.3 Å². The highest BCUT2D eigenvalue weighted by atomic mass is 32.2. The van der Waals surface area contributed by atoms with E-state index >= 15 is 28.8 Å². The summed E-state index contributed by atoms with van der Waals surface area (Å²) in [6, 6.07) is -13.9. The molecule has 0 radical (unpaired) electrons. The maximum Gasteiger partial charge on any atom is 0.264 e. The second-order valence-corrected chi connectivity index (χ2v) is 37.5. The lowest BCUT2D eigenvalue weighted by Gasteiger charge is -2.46. The first-order valence-corrected chi connectivity index (χ1v) is 39.6. The highest BCUT2D eigenvalue weighted by Crippen LogP contribution is 2.40. The molecule has 1 aliphatic heterocycles. The van der Waals surface area contributed by atoms with Gasteiger partial charge in [-0.3, -0.25) is 56.9 Å². The van der Waals surface area contributed by atoms with Crippen LogP contribution >= 0.6 is 0 Å². The van der Waals surface area contributed by atoms with Crippen LogP contribution in [0, 0.1) is 41.4 Å². The van der Waals surface area contributed by atoms with Crippen LogP contribution in [-0.2, 0) is 71.5 Å². The molecule has 560 valence electrons. The Bertz CT molecular complexity index is 2810. The standard InChI is InChI=1S/C69H129N11O15SSi/c1-31-48-63(86)74(21)49(32-2)64(87)75(22)51(36-40(5)6)60(83)73-54(43(11)12)67(90)76(23)50(35-39(3)4)59(82)70-46(16)58(81)71-47(17)62(85)77(24)52(37-41(7)8)65(88)78(25)53(38-42(9)10)66(89)79(26)55(44(13)14)68(91)80(27)56(61(84)72-48)57(95-97(29,30)69(18,19)20)45(15)33-34-94-96(28,92)93/h39-57H,31-38H2,1-30H3,(H,70,82)(H,71,81)(H,72,84)(H,73,83)/t45-,46-,47-,48-,49-,50-,51+,52-,53-,54-,55?,56-,57?/m1/s1. The van der Waals surface area contributed by atoms with Crippen molar-refractivity contribution in [2.45, 2.75) is 274 Å². The Kier molecular flexibility index (Phi) is 35.1. The molecule has 1 rings (SSSR count). The number of amides is 11. The lowest BCUT2D eigenvalue weighted by atomic mass is 9.91. The number of likely N-dealkylation sites (N-methyl/N-ethyl adjacent to an activating group) is 7. The van der Waals surface area contributed by atoms with E-state index in [1.165, 1.54) is 97.5 Å². The Morgan fingerprint density at radius 1 is 0.443 bits per heavy atom. The van der Waals surface area contributed by atoms with Crippen LogP contribution in [0.5, 0.6) is 0 Å². The SMILES string of the molecule is CC[C@@H]1C(=O)N(C)[C@@H](CC(C)C)C(=O)N[C@H](C(C)C)C(=O)N(C)[C@H](CC(C)C)C(=O)N[C@H](C)C(=O)N[C@H](C)C(=O)N(C)[C@H](CC(C)C)C(=O)N(C)[C@H](CC(C)C)C(=O)N(C)C(C(C)C)C(=O)N(C)[C@H](C(O[Si](C)(C)C(C)(C)C)[C@H](C)CCOS(C)(=O)=O)C(=O)N[C@H](CC)C(=O)N1C. The molecule has 4 N–H and O–H groups in total. The van der Waals surface area contributed by atoms with E-state index in [1.54, 1.807) is 48.5 Å². The van der Waals surface area contributed by atoms with E-state index in [9.17, 15) is 32.4 Å². The van der Waals surface area contributed by atoms with Gasteiger partial charge in [0.25, 0.3) is 10.1 Å². The predicted octanol–water partition coefficient (Wildman–Crippen LogP) is 5.48. The Morgan fingerprint density at radius 2 is 0.825 bits per heavy atom. The lowest BCUT2D eigenvalue weighted by Crippen LogP contribution is -2.65. The zero-order valence-electron chi connectivity index (χ0n) is 64.8. The van der Waals surface area contributed by atoms with Crippen molar-refractivity contribution < 1.29 is 69.8 Å². The smallest absolute Gasteiger partial charge is 0.264 e. The summed E-state index contributed by atoms with van der Waals surface area (Å²) < 4.78 is 37.2. The normalized spacial score (nSPS) is 26.3. The fraction of sp³-hybridized carbons (Fsp3) is 0.841. The van der Waals surface area contributed by atoms with Crippen LogP contribution in [0.25, 0.3) is 0 Å². The van der Waals surface area contributed by atoms with Crippen molar-refractivity contribution in [1.29, 1.82) is 0 Å². The van der Waals surface area contributed by atoms with Crippen LogP contribution < -0.4 is 21.3 Å². The molecule has 1 aliphatic rings. The molecule has 97 heavy (non-hydrogen) atoms. The molecule has 1 heterocycles. The largest absolute Gasteiger partial charge is 0.411 e. The Hall–Kier alpha value is -5.74. The molecule has 0 aromatic heterocycles. The van der Waals surface area contributed by atoms with Crippen molar-refractivity contribution >= 4 is 83.4 Å². The minimum Gasteiger partial charge on any atom is -0.411 e. The summed E-state index contributed by atoms with van der Waals surface area (Å²) in [5.74, 6) is -10.1. The van der Waals surface area contributed by atoms with Gasteiger partial charge in [-0.15, -0.1) is 0 Å². The average Bonchev–Trinajstić information content (AvgIpc) is 0.791. The van der Waals surface area contributed by atoms with Gasteiger partial charge in [0.15, 0.2) is 8.32 Å². The number of rotatable bonds is 20. The van der Waals surface area contributed by atoms with Crippen molar-refractivity contribution in [2.24, 2.45) is 41.4 Å². The summed E-state index contributed by atoms with van der Waals surface area (Å²) in [6.45, 7) is 39.4. The molecule has 0 aromatic rings. The summed E-state index contributed by atoms with van der Waals surface area (Å²) in [4.78, 5) is 174. The topological polar surface area (TPSA) is 311 Å². The predicted molar refractivity (Wildman–Crippen MR) is 380 cm³/mol. The van der Waals surface area contributed by atoms with Crippen LogP contribution in [-0.4, -0.2) is 251 Å². The van der Waals surface area contributed by atoms with Gasteiger partial charge in [-0.1, -0.05) is 125 Å². The van der Waals surface area contributed by atoms with E-state index in [0.29, 0.717) is 0 Å². The molecule has 26 nitrogen and oxygen atoms in total. The molecular formula is C69H129N11O15SSi. The molecule has 0 aliphatic carbocycles. The molecule has 11 amide bonds. The molecule has 1 saturated heterocycles. The van der Waals surface area contributed by atoms with Crippen LogP contribution in [0.3, 0.4) is 0 Å². The van der Waals surface area contributed by atoms with E-state index in [-0.39, 0.29) is 75.2 Å². The van der Waals surface area contributed by atoms with Crippen LogP contribution in [0.2, 0.25) is 18.1 Å². The number of nitrogens with zero attached hydrogens (tertiary/aromatic N) is 7. The highest BCUT2D eigenvalue weighted by molar-refractivity contribution is 7.86. The fourth-order valence-corrected chi connectivity index (χ4v) is 13.8. The van der Waals surface area contributed by atoms with Crippen LogP contribution in [0.4, 0.5) is 0 Å². The Labute approximate surface area is 583 Å². The van der Waals surface area contributed by atoms with Crippen LogP contribution in [0.1, 0.15) is 183 Å². The monoisotopic (exact) mass is 1410 g/mol. The van der Waals surface area contributed by atoms with Gasteiger partial charge in [-0.2, -0.15) is 8.42 Å². The summed E-state index contributed by atoms with van der Waals surface area (Å²) in [7, 11) is 3.12. The van der Waals surface area contributed by atoms with Gasteiger partial charge in [-0.05, 0) is 118 Å². The Balaban J connectivity index is 4.70. The molecule has 0 aromatic carbocycles. The first-order chi connectivity index (χ1) is 44.3. The zero-order chi connectivity index (χ0) is 75.8. The number of carbonyl (C=O) groups excluding carboxylic acids is 11. The van der Waals surface area contributed by atoms with Crippen molar-refractivity contribution in [3.05, 3.63) is 0 Å². The second-order valence-electron chi connectivity index (χ2n) is 31.1. The molecule has 0 spiro atoms. The van der Waals surface area contributed by atoms with Gasteiger partial charge >= 0.3 is 0 Å². The molecule has 0 saturated carbocycles. The third-order valence-electron chi connectivity index (χ3n) is 19.1. The fourth-order valence-electron chi connectivity index (χ4n) is 12.0. The molecular weight excluding hydrogens is 1280 g/mol. The van der Waals surface area contributed by atoms with Gasteiger partial charge in [0.05, 0.1) is 19.0 Å². The van der Waals surface area contributed by atoms with E-state index in [0.717, 1.165) is 6.26 Å². The quantitative estimate of drug-likeness (QED) is 0.0867. The second kappa shape index (κ2) is 38.2. The van der Waals surface area contributed by atoms with Gasteiger partial charge < -0.3 is 60.0 Å². The zero-order valence-corrected chi connectivity index (χ0v) is 66.6. The molecule has 13 atom stereocenters. The third kappa shape index (κ3) is 25.1. The minimum absolute atomic E-state index is 0.0119. The third-order valence-corrected chi connectivity index (χ3v) is 24.2. The van der Waals surface area contributed by atoms with Crippen molar-refractivity contribution in [1.82, 2.24) is 55.6 Å². The van der Waals surface area contributed by atoms with Gasteiger partial charge in [0.2, 0.25) is 65.0 Å². The Morgan fingerprint density at radius 3 is 1.24 bits per heavy atom. The van der Waals surface area contributed by atoms with Crippen molar-refractivity contribution in [3.8, 4) is 0 Å². The van der Waals surface area contributed by atoms with E-state index < -0.39 is 179 Å². The number of carbonyl (C=O) groups is 11. The van der Waals surface area contributed by atoms with Crippen LogP contribution in [0.15, 0.2) is 0 Å². The first-order valence-electron chi connectivity index (χ1n) is 34.9. The summed E-state index contributed by atoms with van der Waals surface area (Å²) >= 11 is 0. The summed E-state index contributed by atoms with van der Waals surface area (Å²) in [6.07, 6.45) is 0.254. The van der Waals surface area contributed by atoms with Crippen molar-refractivity contribution in [2.75, 3.05) is 62.2 Å². The maximum atomic E-state index is 15.9. The maximum absolute atomic E-state index is 15.9. The highest BCUT2D eigenvalue weighted by Gasteiger charge is 2.50. The number of hydrogen-bond donors (Lipinski definition) is 4. The molecule has 28 heteroatoms. The van der Waals surface area contributed by atoms with Gasteiger partial charge in [0, 0.05) is 49.3 Å². The summed E-state index contributed by atoms with van der Waals surface area (Å²) in [5, 5.41) is 10.7. The van der Waals surface area contributed by atoms with Gasteiger partial charge in [-0.25, -0.2) is 0 Å². The molecule has 0 bridgehead atoms. The first kappa shape index (κ1) is 89.3. The number of nitrogens with one attached hydrogen (secondary N) is 4. The minimum atomic E-state index is -3.94. The van der Waals surface area contributed by atoms with Gasteiger partial charge in [0.1, 0.15) is 66.5 Å². The lowest BCUT2D eigenvalue weighted by molar-refractivity contribution is -0.157. The van der Waals surface area contributed by atoms with Crippen molar-refractivity contribution in [3.63, 3.8) is 0 Å². The number of hydrogen-bond acceptors (Lipinski definition) is 15. The van der Waals surface area contributed by atoms with E-state index in [4.69, 9.17) is 8.61 Å². The molecule has 1 fully saturated rings. The van der Waals surface area contributed by atoms with E-state index in [2.05, 4.69) is 21.3 Å².